The van der Waals surface area contributed by atoms with Gasteiger partial charge in [0.2, 0.25) is 0 Å². The second-order valence-electron chi connectivity index (χ2n) is 6.32. The van der Waals surface area contributed by atoms with Crippen molar-refractivity contribution in [1.82, 2.24) is 0 Å². The minimum atomic E-state index is -0.0943. The van der Waals surface area contributed by atoms with Gasteiger partial charge >= 0.3 is 0 Å². The van der Waals surface area contributed by atoms with Gasteiger partial charge in [0.15, 0.2) is 5.78 Å². The van der Waals surface area contributed by atoms with Gasteiger partial charge in [-0.25, -0.2) is 0 Å². The lowest BCUT2D eigenvalue weighted by atomic mass is 9.98. The molecule has 3 aromatic rings. The third kappa shape index (κ3) is 3.46. The summed E-state index contributed by atoms with van der Waals surface area (Å²) in [6, 6.07) is 12.5. The second kappa shape index (κ2) is 7.91. The Morgan fingerprint density at radius 1 is 1.08 bits per heavy atom. The lowest BCUT2D eigenvalue weighted by molar-refractivity contribution is -0.921. The molecule has 2 heterocycles. The van der Waals surface area contributed by atoms with Gasteiger partial charge in [-0.05, 0) is 12.1 Å². The van der Waals surface area contributed by atoms with E-state index in [4.69, 9.17) is 9.15 Å². The summed E-state index contributed by atoms with van der Waals surface area (Å²) in [5.74, 6) is 0.109. The number of halogens is 1. The summed E-state index contributed by atoms with van der Waals surface area (Å²) in [7, 11) is 0. The van der Waals surface area contributed by atoms with Crippen molar-refractivity contribution in [2.24, 2.45) is 0 Å². The Kier molecular flexibility index (Phi) is 5.61. The molecule has 1 aromatic heterocycles. The molecular weight excluding hydrogens is 354 g/mol. The van der Waals surface area contributed by atoms with Crippen LogP contribution in [0, 0.1) is 0 Å². The fourth-order valence-corrected chi connectivity index (χ4v) is 3.37. The van der Waals surface area contributed by atoms with Crippen molar-refractivity contribution in [1.29, 1.82) is 0 Å². The lowest BCUT2D eigenvalue weighted by Crippen LogP contribution is -3.12. The van der Waals surface area contributed by atoms with Crippen LogP contribution in [0.3, 0.4) is 0 Å². The van der Waals surface area contributed by atoms with Crippen LogP contribution in [-0.2, 0) is 11.3 Å². The number of aromatic hydroxyl groups is 1. The first-order valence-corrected chi connectivity index (χ1v) is 8.47. The van der Waals surface area contributed by atoms with Crippen molar-refractivity contribution in [2.75, 3.05) is 26.3 Å². The van der Waals surface area contributed by atoms with Crippen LogP contribution in [0.4, 0.5) is 0 Å². The van der Waals surface area contributed by atoms with E-state index in [0.717, 1.165) is 18.7 Å². The van der Waals surface area contributed by atoms with Crippen LogP contribution in [-0.4, -0.2) is 37.2 Å². The van der Waals surface area contributed by atoms with E-state index in [-0.39, 0.29) is 23.9 Å². The van der Waals surface area contributed by atoms with E-state index in [9.17, 15) is 9.90 Å². The molecule has 0 atom stereocenters. The maximum absolute atomic E-state index is 12.9. The van der Waals surface area contributed by atoms with Crippen molar-refractivity contribution in [2.45, 2.75) is 6.54 Å². The highest BCUT2D eigenvalue weighted by atomic mass is 35.5. The van der Waals surface area contributed by atoms with Crippen LogP contribution in [0.5, 0.6) is 5.75 Å². The molecule has 0 amide bonds. The number of hydrogen-bond donors (Lipinski definition) is 2. The summed E-state index contributed by atoms with van der Waals surface area (Å²) in [5.41, 5.74) is 2.50. The summed E-state index contributed by atoms with van der Waals surface area (Å²) in [4.78, 5) is 14.2. The summed E-state index contributed by atoms with van der Waals surface area (Å²) >= 11 is 0. The molecule has 2 N–H and O–H groups in total. The highest BCUT2D eigenvalue weighted by Crippen LogP contribution is 2.32. The summed E-state index contributed by atoms with van der Waals surface area (Å²) in [6.07, 6.45) is 1.50. The number of ketones is 1. The van der Waals surface area contributed by atoms with Crippen LogP contribution < -0.4 is 17.3 Å². The highest BCUT2D eigenvalue weighted by Gasteiger charge is 2.24. The van der Waals surface area contributed by atoms with E-state index in [0.29, 0.717) is 41.9 Å². The van der Waals surface area contributed by atoms with Gasteiger partial charge in [-0.15, -0.1) is 0 Å². The van der Waals surface area contributed by atoms with Gasteiger partial charge in [0.25, 0.3) is 0 Å². The van der Waals surface area contributed by atoms with Gasteiger partial charge in [0, 0.05) is 10.9 Å². The van der Waals surface area contributed by atoms with Crippen LogP contribution in [0.2, 0.25) is 0 Å². The molecular formula is C20H20ClNO4. The first-order chi connectivity index (χ1) is 12.2. The van der Waals surface area contributed by atoms with E-state index in [1.165, 1.54) is 11.2 Å². The summed E-state index contributed by atoms with van der Waals surface area (Å²) in [6.45, 7) is 3.84. The Morgan fingerprint density at radius 3 is 2.54 bits per heavy atom. The van der Waals surface area contributed by atoms with E-state index in [2.05, 4.69) is 0 Å². The van der Waals surface area contributed by atoms with Crippen LogP contribution >= 0.6 is 0 Å². The molecule has 5 nitrogen and oxygen atoms in total. The topological polar surface area (TPSA) is 64.1 Å². The molecule has 6 heteroatoms. The molecule has 0 saturated carbocycles. The number of fused-ring (bicyclic) bond motifs is 1. The van der Waals surface area contributed by atoms with Crippen molar-refractivity contribution in [3.63, 3.8) is 0 Å². The maximum atomic E-state index is 12.9. The van der Waals surface area contributed by atoms with Crippen LogP contribution in [0.15, 0.2) is 53.1 Å². The molecule has 1 aliphatic heterocycles. The second-order valence-corrected chi connectivity index (χ2v) is 6.32. The molecule has 1 fully saturated rings. The van der Waals surface area contributed by atoms with Crippen molar-refractivity contribution < 1.29 is 36.4 Å². The number of benzene rings is 2. The Bertz CT molecular complexity index is 901. The average Bonchev–Trinajstić information content (AvgIpc) is 3.09. The maximum Gasteiger partial charge on any atom is 0.196 e. The molecule has 0 spiro atoms. The number of carbonyl (C=O) groups is 1. The SMILES string of the molecule is O=C(c1ccccc1)c1coc2ccc(O)c(C[NH+]3CCOCC3)c12.[Cl-]. The molecule has 0 unspecified atom stereocenters. The van der Waals surface area contributed by atoms with Gasteiger partial charge in [0.1, 0.15) is 37.2 Å². The molecule has 1 aliphatic rings. The third-order valence-electron chi connectivity index (χ3n) is 4.73. The van der Waals surface area contributed by atoms with Crippen LogP contribution in [0.25, 0.3) is 11.0 Å². The van der Waals surface area contributed by atoms with Gasteiger partial charge in [-0.1, -0.05) is 30.3 Å². The van der Waals surface area contributed by atoms with Gasteiger partial charge in [-0.2, -0.15) is 0 Å². The predicted molar refractivity (Wildman–Crippen MR) is 93.0 cm³/mol. The number of phenols is 1. The first kappa shape index (κ1) is 18.5. The molecule has 1 saturated heterocycles. The fraction of sp³-hybridized carbons (Fsp3) is 0.250. The minimum Gasteiger partial charge on any atom is -1.00 e. The number of ether oxygens (including phenoxy) is 1. The molecule has 136 valence electrons. The van der Waals surface area contributed by atoms with E-state index >= 15 is 0 Å². The number of nitrogens with one attached hydrogen (secondary N) is 1. The fourth-order valence-electron chi connectivity index (χ4n) is 3.37. The normalized spacial score (nSPS) is 14.9. The van der Waals surface area contributed by atoms with Crippen molar-refractivity contribution in [3.05, 3.63) is 65.4 Å². The largest absolute Gasteiger partial charge is 1.00 e. The number of phenolic OH excluding ortho intramolecular Hbond substituents is 1. The minimum absolute atomic E-state index is 0. The highest BCUT2D eigenvalue weighted by molar-refractivity contribution is 6.16. The van der Waals surface area contributed by atoms with Crippen molar-refractivity contribution >= 4 is 16.8 Å². The van der Waals surface area contributed by atoms with Gasteiger partial charge in [-0.3, -0.25) is 4.79 Å². The molecule has 0 aliphatic carbocycles. The zero-order chi connectivity index (χ0) is 17.2. The van der Waals surface area contributed by atoms with E-state index in [1.54, 1.807) is 24.3 Å². The van der Waals surface area contributed by atoms with Crippen LogP contribution in [0.1, 0.15) is 21.5 Å². The molecule has 4 rings (SSSR count). The molecule has 26 heavy (non-hydrogen) atoms. The lowest BCUT2D eigenvalue weighted by Gasteiger charge is -2.24. The Balaban J connectivity index is 0.00000196. The monoisotopic (exact) mass is 373 g/mol. The number of quaternary nitrogens is 1. The number of carbonyl (C=O) groups excluding carboxylic acids is 1. The average molecular weight is 374 g/mol. The number of furan rings is 1. The Hall–Kier alpha value is -2.34. The third-order valence-corrected chi connectivity index (χ3v) is 4.73. The predicted octanol–water partition coefficient (Wildman–Crippen LogP) is -1.21. The number of morpholine rings is 1. The summed E-state index contributed by atoms with van der Waals surface area (Å²) < 4.78 is 11.0. The molecule has 0 radical (unpaired) electrons. The van der Waals surface area contributed by atoms with Gasteiger partial charge in [0.05, 0.1) is 24.3 Å². The standard InChI is InChI=1S/C20H19NO4.ClH/c22-17-6-7-18-19(15(17)12-21-8-10-24-11-9-21)16(13-25-18)20(23)14-4-2-1-3-5-14;/h1-7,13,22H,8-12H2;1H. The smallest absolute Gasteiger partial charge is 0.196 e. The number of rotatable bonds is 4. The zero-order valence-corrected chi connectivity index (χ0v) is 15.0. The zero-order valence-electron chi connectivity index (χ0n) is 14.2. The Morgan fingerprint density at radius 2 is 1.81 bits per heavy atom. The van der Waals surface area contributed by atoms with Crippen molar-refractivity contribution in [3.8, 4) is 5.75 Å². The number of hydrogen-bond acceptors (Lipinski definition) is 4. The molecule has 0 bridgehead atoms. The van der Waals surface area contributed by atoms with Gasteiger partial charge < -0.3 is 31.6 Å². The summed E-state index contributed by atoms with van der Waals surface area (Å²) in [5, 5.41) is 11.2. The van der Waals surface area contributed by atoms with E-state index < -0.39 is 0 Å². The van der Waals surface area contributed by atoms with E-state index in [1.807, 2.05) is 18.2 Å². The Labute approximate surface area is 157 Å². The quantitative estimate of drug-likeness (QED) is 0.563. The molecule has 2 aromatic carbocycles. The first-order valence-electron chi connectivity index (χ1n) is 8.47.